The van der Waals surface area contributed by atoms with E-state index < -0.39 is 11.6 Å². The first-order chi connectivity index (χ1) is 7.85. The molecule has 1 aliphatic rings. The first-order valence-corrected chi connectivity index (χ1v) is 5.84. The summed E-state index contributed by atoms with van der Waals surface area (Å²) in [5, 5.41) is 18.6. The van der Waals surface area contributed by atoms with Crippen molar-refractivity contribution < 1.29 is 19.8 Å². The van der Waals surface area contributed by atoms with Gasteiger partial charge in [-0.15, -0.1) is 0 Å². The summed E-state index contributed by atoms with van der Waals surface area (Å²) >= 11 is 0. The smallest absolute Gasteiger partial charge is 0.323 e. The van der Waals surface area contributed by atoms with Crippen LogP contribution in [-0.2, 0) is 4.79 Å². The molecule has 1 rings (SSSR count). The number of rotatable bonds is 3. The van der Waals surface area contributed by atoms with Gasteiger partial charge in [0.05, 0.1) is 12.1 Å². The fraction of sp³-hybridized carbons (Fsp3) is 0.818. The van der Waals surface area contributed by atoms with E-state index in [4.69, 9.17) is 5.11 Å². The van der Waals surface area contributed by atoms with Crippen LogP contribution in [0.3, 0.4) is 0 Å². The van der Waals surface area contributed by atoms with E-state index in [0.717, 1.165) is 6.42 Å². The molecule has 1 heterocycles. The third-order valence-corrected chi connectivity index (χ3v) is 2.92. The number of β-amino-alcohol motifs (C(OH)–C–C–N with tert-alkyl or cyclic N) is 1. The van der Waals surface area contributed by atoms with Crippen molar-refractivity contribution in [3.8, 4) is 0 Å². The molecule has 0 saturated carbocycles. The monoisotopic (exact) mass is 244 g/mol. The van der Waals surface area contributed by atoms with Gasteiger partial charge < -0.3 is 20.0 Å². The van der Waals surface area contributed by atoms with Gasteiger partial charge in [-0.1, -0.05) is 0 Å². The maximum atomic E-state index is 12.0. The van der Waals surface area contributed by atoms with Gasteiger partial charge >= 0.3 is 12.0 Å². The Morgan fingerprint density at radius 2 is 2.12 bits per heavy atom. The zero-order valence-corrected chi connectivity index (χ0v) is 10.3. The third kappa shape index (κ3) is 3.89. The molecule has 0 aromatic carbocycles. The minimum atomic E-state index is -1.02. The second-order valence-corrected chi connectivity index (χ2v) is 4.71. The van der Waals surface area contributed by atoms with Gasteiger partial charge in [-0.25, -0.2) is 4.79 Å². The van der Waals surface area contributed by atoms with Crippen LogP contribution in [0.4, 0.5) is 4.79 Å². The number of piperidine rings is 1. The van der Waals surface area contributed by atoms with Crippen LogP contribution in [0.2, 0.25) is 0 Å². The lowest BCUT2D eigenvalue weighted by Gasteiger charge is -2.38. The number of amides is 2. The molecule has 0 aliphatic carbocycles. The fourth-order valence-corrected chi connectivity index (χ4v) is 2.06. The van der Waals surface area contributed by atoms with Crippen molar-refractivity contribution in [2.45, 2.75) is 32.3 Å². The number of likely N-dealkylation sites (N-methyl/N-ethyl adjacent to an activating group) is 1. The Morgan fingerprint density at radius 1 is 1.47 bits per heavy atom. The highest BCUT2D eigenvalue weighted by molar-refractivity contribution is 5.80. The summed E-state index contributed by atoms with van der Waals surface area (Å²) in [6, 6.07) is -0.310. The molecule has 1 atom stereocenters. The van der Waals surface area contributed by atoms with E-state index in [1.807, 2.05) is 0 Å². The fourth-order valence-electron chi connectivity index (χ4n) is 2.06. The molecule has 0 aromatic heterocycles. The highest BCUT2D eigenvalue weighted by atomic mass is 16.4. The number of carbonyl (C=O) groups excluding carboxylic acids is 1. The van der Waals surface area contributed by atoms with E-state index in [-0.39, 0.29) is 19.1 Å². The van der Waals surface area contributed by atoms with Crippen LogP contribution in [0.1, 0.15) is 26.7 Å². The maximum Gasteiger partial charge on any atom is 0.323 e. The van der Waals surface area contributed by atoms with Gasteiger partial charge in [0.15, 0.2) is 0 Å². The maximum absolute atomic E-state index is 12.0. The molecular weight excluding hydrogens is 224 g/mol. The highest BCUT2D eigenvalue weighted by Crippen LogP contribution is 2.21. The minimum absolute atomic E-state index is 0.266. The van der Waals surface area contributed by atoms with Crippen LogP contribution >= 0.6 is 0 Å². The number of carbonyl (C=O) groups is 2. The van der Waals surface area contributed by atoms with Gasteiger partial charge in [-0.3, -0.25) is 4.79 Å². The van der Waals surface area contributed by atoms with E-state index in [0.29, 0.717) is 19.5 Å². The van der Waals surface area contributed by atoms with Crippen LogP contribution < -0.4 is 0 Å². The molecule has 0 bridgehead atoms. The number of urea groups is 1. The first-order valence-electron chi connectivity index (χ1n) is 5.84. The number of nitrogens with zero attached hydrogens (tertiary/aromatic N) is 2. The lowest BCUT2D eigenvalue weighted by molar-refractivity contribution is -0.137. The molecule has 2 N–H and O–H groups in total. The summed E-state index contributed by atoms with van der Waals surface area (Å²) in [6.07, 6.45) is 1.41. The number of carboxylic acids is 1. The Balaban J connectivity index is 2.64. The molecule has 0 radical (unpaired) electrons. The molecule has 2 amide bonds. The molecule has 6 nitrogen and oxygen atoms in total. The summed E-state index contributed by atoms with van der Waals surface area (Å²) in [4.78, 5) is 25.4. The van der Waals surface area contributed by atoms with E-state index >= 15 is 0 Å². The van der Waals surface area contributed by atoms with Crippen LogP contribution in [0, 0.1) is 0 Å². The molecule has 17 heavy (non-hydrogen) atoms. The Morgan fingerprint density at radius 3 is 2.59 bits per heavy atom. The third-order valence-electron chi connectivity index (χ3n) is 2.92. The summed E-state index contributed by atoms with van der Waals surface area (Å²) in [5.41, 5.74) is -0.865. The van der Waals surface area contributed by atoms with Crippen LogP contribution in [0.5, 0.6) is 0 Å². The van der Waals surface area contributed by atoms with Crippen molar-refractivity contribution in [3.05, 3.63) is 0 Å². The zero-order valence-electron chi connectivity index (χ0n) is 10.3. The topological polar surface area (TPSA) is 81.1 Å². The van der Waals surface area contributed by atoms with Gasteiger partial charge in [0.25, 0.3) is 0 Å². The predicted octanol–water partition coefficient (Wildman–Crippen LogP) is 0.360. The normalized spacial score (nSPS) is 24.5. The van der Waals surface area contributed by atoms with Gasteiger partial charge in [0, 0.05) is 13.1 Å². The number of likely N-dealkylation sites (tertiary alicyclic amines) is 1. The predicted molar refractivity (Wildman–Crippen MR) is 61.7 cm³/mol. The van der Waals surface area contributed by atoms with Crippen molar-refractivity contribution >= 4 is 12.0 Å². The summed E-state index contributed by atoms with van der Waals surface area (Å²) in [7, 11) is 0. The molecular formula is C11H20N2O4. The van der Waals surface area contributed by atoms with Crippen LogP contribution in [0.15, 0.2) is 0 Å². The van der Waals surface area contributed by atoms with Gasteiger partial charge in [-0.05, 0) is 26.7 Å². The first kappa shape index (κ1) is 13.8. The molecule has 1 aliphatic heterocycles. The SMILES string of the molecule is CCN(CC(=O)O)C(=O)N1CCCC(C)(O)C1. The van der Waals surface area contributed by atoms with E-state index in [2.05, 4.69) is 0 Å². The molecule has 6 heteroatoms. The minimum Gasteiger partial charge on any atom is -0.480 e. The summed E-state index contributed by atoms with van der Waals surface area (Å²) in [6.45, 7) is 4.33. The van der Waals surface area contributed by atoms with Gasteiger partial charge in [0.2, 0.25) is 0 Å². The Bertz CT molecular complexity index is 304. The number of hydrogen-bond acceptors (Lipinski definition) is 3. The lowest BCUT2D eigenvalue weighted by Crippen LogP contribution is -2.53. The average molecular weight is 244 g/mol. The molecule has 1 fully saturated rings. The zero-order chi connectivity index (χ0) is 13.1. The van der Waals surface area contributed by atoms with Gasteiger partial charge in [-0.2, -0.15) is 0 Å². The highest BCUT2D eigenvalue weighted by Gasteiger charge is 2.32. The summed E-state index contributed by atoms with van der Waals surface area (Å²) < 4.78 is 0. The Labute approximate surface area is 101 Å². The van der Waals surface area contributed by atoms with E-state index in [9.17, 15) is 14.7 Å². The second-order valence-electron chi connectivity index (χ2n) is 4.71. The molecule has 98 valence electrons. The van der Waals surface area contributed by atoms with Crippen molar-refractivity contribution in [1.82, 2.24) is 9.80 Å². The number of carboxylic acid groups (broad SMARTS) is 1. The molecule has 1 unspecified atom stereocenters. The number of aliphatic hydroxyl groups is 1. The van der Waals surface area contributed by atoms with Crippen molar-refractivity contribution in [2.75, 3.05) is 26.2 Å². The molecule has 0 spiro atoms. The van der Waals surface area contributed by atoms with Crippen LogP contribution in [0.25, 0.3) is 0 Å². The average Bonchev–Trinajstić information content (AvgIpc) is 2.23. The second kappa shape index (κ2) is 5.35. The molecule has 0 aromatic rings. The Kier molecular flexibility index (Phi) is 4.34. The van der Waals surface area contributed by atoms with E-state index in [1.165, 1.54) is 9.80 Å². The lowest BCUT2D eigenvalue weighted by atomic mass is 9.95. The quantitative estimate of drug-likeness (QED) is 0.751. The Hall–Kier alpha value is -1.30. The van der Waals surface area contributed by atoms with Crippen molar-refractivity contribution in [3.63, 3.8) is 0 Å². The molecule has 1 saturated heterocycles. The largest absolute Gasteiger partial charge is 0.480 e. The number of aliphatic carboxylic acids is 1. The van der Waals surface area contributed by atoms with Gasteiger partial charge in [0.1, 0.15) is 6.54 Å². The standard InChI is InChI=1S/C11H20N2O4/c1-3-12(7-9(14)15)10(16)13-6-4-5-11(2,17)8-13/h17H,3-8H2,1-2H3,(H,14,15). The van der Waals surface area contributed by atoms with Crippen molar-refractivity contribution in [1.29, 1.82) is 0 Å². The van der Waals surface area contributed by atoms with Crippen LogP contribution in [-0.4, -0.2) is 63.8 Å². The summed E-state index contributed by atoms with van der Waals surface area (Å²) in [5.74, 6) is -1.02. The number of hydrogen-bond donors (Lipinski definition) is 2. The van der Waals surface area contributed by atoms with Crippen molar-refractivity contribution in [2.24, 2.45) is 0 Å². The van der Waals surface area contributed by atoms with E-state index in [1.54, 1.807) is 13.8 Å².